The van der Waals surface area contributed by atoms with E-state index in [1.165, 1.54) is 44.9 Å². The van der Waals surface area contributed by atoms with Crippen LogP contribution in [0.15, 0.2) is 0 Å². The predicted octanol–water partition coefficient (Wildman–Crippen LogP) is 1.76. The molecule has 1 heterocycles. The molecule has 0 aromatic heterocycles. The van der Waals surface area contributed by atoms with Crippen molar-refractivity contribution in [3.63, 3.8) is 0 Å². The van der Waals surface area contributed by atoms with Gasteiger partial charge >= 0.3 is 0 Å². The fourth-order valence-corrected chi connectivity index (χ4v) is 3.61. The first-order valence-electron chi connectivity index (χ1n) is 8.40. The van der Waals surface area contributed by atoms with Gasteiger partial charge in [-0.05, 0) is 44.4 Å². The molecule has 2 aliphatic rings. The highest BCUT2D eigenvalue weighted by atomic mass is 16.1. The molecule has 1 saturated heterocycles. The van der Waals surface area contributed by atoms with Gasteiger partial charge in [-0.2, -0.15) is 0 Å². The van der Waals surface area contributed by atoms with E-state index in [0.717, 1.165) is 25.0 Å². The molecule has 1 aliphatic carbocycles. The number of nitrogens with zero attached hydrogens (tertiary/aromatic N) is 1. The zero-order valence-electron chi connectivity index (χ0n) is 13.2. The van der Waals surface area contributed by atoms with E-state index in [1.807, 2.05) is 0 Å². The molecule has 2 rings (SSSR count). The summed E-state index contributed by atoms with van der Waals surface area (Å²) in [6.07, 6.45) is 9.25. The van der Waals surface area contributed by atoms with E-state index < -0.39 is 0 Å². The number of likely N-dealkylation sites (tertiary alicyclic amines) is 1. The largest absolute Gasteiger partial charge is 0.358 e. The third kappa shape index (κ3) is 4.74. The summed E-state index contributed by atoms with van der Waals surface area (Å²) in [6, 6.07) is 1.41. The summed E-state index contributed by atoms with van der Waals surface area (Å²) in [4.78, 5) is 13.6. The minimum absolute atomic E-state index is 0.134. The Balaban J connectivity index is 1.63. The second kappa shape index (κ2) is 7.99. The van der Waals surface area contributed by atoms with Crippen LogP contribution >= 0.6 is 0 Å². The number of hydrogen-bond donors (Lipinski definition) is 2. The van der Waals surface area contributed by atoms with E-state index in [0.29, 0.717) is 12.6 Å². The normalized spacial score (nSPS) is 29.3. The average molecular weight is 281 g/mol. The first kappa shape index (κ1) is 15.8. The van der Waals surface area contributed by atoms with Crippen LogP contribution in [0.3, 0.4) is 0 Å². The Labute approximate surface area is 123 Å². The van der Waals surface area contributed by atoms with Gasteiger partial charge in [-0.1, -0.05) is 13.3 Å². The topological polar surface area (TPSA) is 44.4 Å². The summed E-state index contributed by atoms with van der Waals surface area (Å²) in [6.45, 7) is 4.98. The number of piperidine rings is 1. The first-order chi connectivity index (χ1) is 9.71. The van der Waals surface area contributed by atoms with Crippen LogP contribution in [0.4, 0.5) is 0 Å². The van der Waals surface area contributed by atoms with Gasteiger partial charge in [0.25, 0.3) is 0 Å². The standard InChI is InChI=1S/C16H31N3O/c1-3-13-4-6-14(7-5-13)18-15-8-10-19(11-9-15)12-16(20)17-2/h13-15,18H,3-12H2,1-2H3,(H,17,20). The van der Waals surface area contributed by atoms with Crippen molar-refractivity contribution in [3.05, 3.63) is 0 Å². The molecule has 2 N–H and O–H groups in total. The quantitative estimate of drug-likeness (QED) is 0.807. The third-order valence-electron chi connectivity index (χ3n) is 5.13. The predicted molar refractivity (Wildman–Crippen MR) is 82.7 cm³/mol. The number of likely N-dealkylation sites (N-methyl/N-ethyl adjacent to an activating group) is 1. The Morgan fingerprint density at radius 2 is 1.65 bits per heavy atom. The molecule has 1 aliphatic heterocycles. The Bertz CT molecular complexity index is 292. The van der Waals surface area contributed by atoms with Gasteiger partial charge in [-0.15, -0.1) is 0 Å². The highest BCUT2D eigenvalue weighted by Gasteiger charge is 2.25. The molecule has 4 heteroatoms. The Kier molecular flexibility index (Phi) is 6.30. The molecule has 1 saturated carbocycles. The minimum Gasteiger partial charge on any atom is -0.358 e. The maximum absolute atomic E-state index is 11.4. The second-order valence-corrected chi connectivity index (χ2v) is 6.52. The number of rotatable bonds is 5. The lowest BCUT2D eigenvalue weighted by atomic mass is 9.84. The number of hydrogen-bond acceptors (Lipinski definition) is 3. The monoisotopic (exact) mass is 281 g/mol. The smallest absolute Gasteiger partial charge is 0.233 e. The van der Waals surface area contributed by atoms with Gasteiger partial charge in [0.15, 0.2) is 0 Å². The molecular formula is C16H31N3O. The van der Waals surface area contributed by atoms with Crippen molar-refractivity contribution in [3.8, 4) is 0 Å². The molecule has 0 atom stereocenters. The fraction of sp³-hybridized carbons (Fsp3) is 0.938. The van der Waals surface area contributed by atoms with Crippen molar-refractivity contribution in [2.24, 2.45) is 5.92 Å². The fourth-order valence-electron chi connectivity index (χ4n) is 3.61. The molecule has 1 amide bonds. The van der Waals surface area contributed by atoms with Crippen molar-refractivity contribution in [2.45, 2.75) is 64.0 Å². The third-order valence-corrected chi connectivity index (χ3v) is 5.13. The lowest BCUT2D eigenvalue weighted by Gasteiger charge is -2.36. The van der Waals surface area contributed by atoms with Gasteiger partial charge in [0, 0.05) is 32.2 Å². The van der Waals surface area contributed by atoms with E-state index in [-0.39, 0.29) is 5.91 Å². The summed E-state index contributed by atoms with van der Waals surface area (Å²) >= 11 is 0. The van der Waals surface area contributed by atoms with Crippen LogP contribution in [-0.2, 0) is 4.79 Å². The molecule has 116 valence electrons. The first-order valence-corrected chi connectivity index (χ1v) is 8.40. The van der Waals surface area contributed by atoms with Crippen molar-refractivity contribution >= 4 is 5.91 Å². The van der Waals surface area contributed by atoms with Crippen molar-refractivity contribution in [1.29, 1.82) is 0 Å². The maximum Gasteiger partial charge on any atom is 0.233 e. The Hall–Kier alpha value is -0.610. The van der Waals surface area contributed by atoms with Crippen LogP contribution in [0.25, 0.3) is 0 Å². The molecule has 0 bridgehead atoms. The second-order valence-electron chi connectivity index (χ2n) is 6.52. The van der Waals surface area contributed by atoms with Crippen LogP contribution in [0, 0.1) is 5.92 Å². The van der Waals surface area contributed by atoms with Gasteiger partial charge in [-0.3, -0.25) is 9.69 Å². The van der Waals surface area contributed by atoms with Crippen molar-refractivity contribution < 1.29 is 4.79 Å². The number of nitrogens with one attached hydrogen (secondary N) is 2. The van der Waals surface area contributed by atoms with Crippen molar-refractivity contribution in [1.82, 2.24) is 15.5 Å². The lowest BCUT2D eigenvalue weighted by molar-refractivity contribution is -0.122. The molecule has 0 unspecified atom stereocenters. The Morgan fingerprint density at radius 3 is 2.20 bits per heavy atom. The highest BCUT2D eigenvalue weighted by Crippen LogP contribution is 2.27. The van der Waals surface area contributed by atoms with Gasteiger partial charge < -0.3 is 10.6 Å². The lowest BCUT2D eigenvalue weighted by Crippen LogP contribution is -2.48. The maximum atomic E-state index is 11.4. The van der Waals surface area contributed by atoms with Gasteiger partial charge in [0.05, 0.1) is 6.54 Å². The zero-order valence-corrected chi connectivity index (χ0v) is 13.2. The highest BCUT2D eigenvalue weighted by molar-refractivity contribution is 5.77. The summed E-state index contributed by atoms with van der Waals surface area (Å²) in [5.74, 6) is 1.11. The van der Waals surface area contributed by atoms with Gasteiger partial charge in [0.2, 0.25) is 5.91 Å². The van der Waals surface area contributed by atoms with E-state index in [9.17, 15) is 4.79 Å². The van der Waals surface area contributed by atoms with E-state index >= 15 is 0 Å². The van der Waals surface area contributed by atoms with Gasteiger partial charge in [0.1, 0.15) is 0 Å². The molecule has 0 radical (unpaired) electrons. The van der Waals surface area contributed by atoms with E-state index in [1.54, 1.807) is 7.05 Å². The molecule has 0 spiro atoms. The van der Waals surface area contributed by atoms with Crippen LogP contribution in [-0.4, -0.2) is 49.6 Å². The summed E-state index contributed by atoms with van der Waals surface area (Å²) in [5, 5.41) is 6.57. The number of carbonyl (C=O) groups excluding carboxylic acids is 1. The van der Waals surface area contributed by atoms with Crippen molar-refractivity contribution in [2.75, 3.05) is 26.7 Å². The van der Waals surface area contributed by atoms with Crippen LogP contribution in [0.1, 0.15) is 51.9 Å². The SMILES string of the molecule is CCC1CCC(NC2CCN(CC(=O)NC)CC2)CC1. The van der Waals surface area contributed by atoms with Crippen LogP contribution < -0.4 is 10.6 Å². The summed E-state index contributed by atoms with van der Waals surface area (Å²) in [5.41, 5.74) is 0. The minimum atomic E-state index is 0.134. The Morgan fingerprint density at radius 1 is 1.05 bits per heavy atom. The zero-order chi connectivity index (χ0) is 14.4. The van der Waals surface area contributed by atoms with Crippen LogP contribution in [0.2, 0.25) is 0 Å². The number of carbonyl (C=O) groups is 1. The molecule has 20 heavy (non-hydrogen) atoms. The van der Waals surface area contributed by atoms with Gasteiger partial charge in [-0.25, -0.2) is 0 Å². The molecule has 2 fully saturated rings. The van der Waals surface area contributed by atoms with E-state index in [4.69, 9.17) is 0 Å². The summed E-state index contributed by atoms with van der Waals surface area (Å²) in [7, 11) is 1.71. The van der Waals surface area contributed by atoms with E-state index in [2.05, 4.69) is 22.5 Å². The average Bonchev–Trinajstić information content (AvgIpc) is 2.50. The molecular weight excluding hydrogens is 250 g/mol. The molecule has 0 aromatic carbocycles. The molecule has 4 nitrogen and oxygen atoms in total. The van der Waals surface area contributed by atoms with Crippen LogP contribution in [0.5, 0.6) is 0 Å². The number of amides is 1. The summed E-state index contributed by atoms with van der Waals surface area (Å²) < 4.78 is 0. The molecule has 0 aromatic rings.